The van der Waals surface area contributed by atoms with Crippen LogP contribution in [0.4, 0.5) is 20.2 Å². The van der Waals surface area contributed by atoms with E-state index in [4.69, 9.17) is 23.7 Å². The summed E-state index contributed by atoms with van der Waals surface area (Å²) >= 11 is 0. The first-order chi connectivity index (χ1) is 13.5. The molecule has 0 unspecified atom stereocenters. The van der Waals surface area contributed by atoms with Gasteiger partial charge in [0.1, 0.15) is 23.8 Å². The molecule has 0 heterocycles. The second-order valence-corrected chi connectivity index (χ2v) is 5.74. The largest absolute Gasteiger partial charge is 0.235 e. The van der Waals surface area contributed by atoms with Crippen molar-refractivity contribution in [3.8, 4) is 34.4 Å². The average molecular weight is 366 g/mol. The summed E-state index contributed by atoms with van der Waals surface area (Å²) in [5.41, 5.74) is 1.41. The van der Waals surface area contributed by atoms with Crippen LogP contribution < -0.4 is 0 Å². The van der Waals surface area contributed by atoms with Gasteiger partial charge >= 0.3 is 0 Å². The molecular weight excluding hydrogens is 358 g/mol. The minimum absolute atomic E-state index is 0.216. The van der Waals surface area contributed by atoms with E-state index in [1.165, 1.54) is 24.3 Å². The van der Waals surface area contributed by atoms with Crippen LogP contribution in [0.15, 0.2) is 48.5 Å². The van der Waals surface area contributed by atoms with Gasteiger partial charge in [0.25, 0.3) is 0 Å². The molecule has 130 valence electrons. The van der Waals surface area contributed by atoms with E-state index in [0.717, 1.165) is 0 Å². The van der Waals surface area contributed by atoms with Crippen molar-refractivity contribution in [3.05, 3.63) is 94.1 Å². The number of hydrogen-bond acceptors (Lipinski definition) is 2. The van der Waals surface area contributed by atoms with Crippen molar-refractivity contribution in [2.45, 2.75) is 0 Å². The van der Waals surface area contributed by atoms with Gasteiger partial charge in [-0.15, -0.1) is 0 Å². The third-order valence-corrected chi connectivity index (χ3v) is 4.14. The molecule has 0 amide bonds. The lowest BCUT2D eigenvalue weighted by Crippen LogP contribution is -1.89. The van der Waals surface area contributed by atoms with Gasteiger partial charge in [0.05, 0.1) is 24.3 Å². The number of rotatable bonds is 2. The van der Waals surface area contributed by atoms with Crippen molar-refractivity contribution in [2.75, 3.05) is 0 Å². The zero-order chi connectivity index (χ0) is 20.3. The third kappa shape index (κ3) is 3.15. The summed E-state index contributed by atoms with van der Waals surface area (Å²) in [6.07, 6.45) is 0. The lowest BCUT2D eigenvalue weighted by Gasteiger charge is -2.08. The van der Waals surface area contributed by atoms with Gasteiger partial charge < -0.3 is 0 Å². The van der Waals surface area contributed by atoms with Gasteiger partial charge in [0.15, 0.2) is 0 Å². The predicted octanol–water partition coefficient (Wildman–Crippen LogP) is 6.14. The Morgan fingerprint density at radius 3 is 1.29 bits per heavy atom. The number of hydrogen-bond donors (Lipinski definition) is 0. The Morgan fingerprint density at radius 2 is 1.00 bits per heavy atom. The molecule has 3 rings (SSSR count). The maximum absolute atomic E-state index is 13.9. The van der Waals surface area contributed by atoms with Crippen molar-refractivity contribution in [1.29, 1.82) is 10.5 Å². The highest BCUT2D eigenvalue weighted by atomic mass is 19.1. The molecule has 0 bridgehead atoms. The molecule has 0 saturated heterocycles. The molecule has 0 aromatic heterocycles. The van der Waals surface area contributed by atoms with Gasteiger partial charge in [-0.3, -0.25) is 0 Å². The molecule has 0 N–H and O–H groups in total. The molecule has 0 atom stereocenters. The number of nitriles is 2. The Morgan fingerprint density at radius 1 is 0.643 bits per heavy atom. The maximum Gasteiger partial charge on any atom is 0.224 e. The summed E-state index contributed by atoms with van der Waals surface area (Å²) in [6, 6.07) is 15.7. The Hall–Kier alpha value is -4.52. The fourth-order valence-corrected chi connectivity index (χ4v) is 2.73. The van der Waals surface area contributed by atoms with Crippen LogP contribution in [0.25, 0.3) is 31.9 Å². The smallest absolute Gasteiger partial charge is 0.224 e. The summed E-state index contributed by atoms with van der Waals surface area (Å²) in [5.74, 6) is -1.69. The van der Waals surface area contributed by atoms with Gasteiger partial charge in [-0.1, -0.05) is 24.3 Å². The van der Waals surface area contributed by atoms with Crippen molar-refractivity contribution in [3.63, 3.8) is 0 Å². The monoisotopic (exact) mass is 366 g/mol. The highest BCUT2D eigenvalue weighted by molar-refractivity contribution is 5.76. The first kappa shape index (κ1) is 18.3. The molecule has 6 heteroatoms. The summed E-state index contributed by atoms with van der Waals surface area (Å²) < 4.78 is 27.8. The number of nitrogens with zero attached hydrogens (tertiary/aromatic N) is 4. The summed E-state index contributed by atoms with van der Waals surface area (Å²) in [5, 5.41) is 18.1. The van der Waals surface area contributed by atoms with Crippen LogP contribution in [0.3, 0.4) is 0 Å². The first-order valence-corrected chi connectivity index (χ1v) is 7.85. The molecule has 0 spiro atoms. The fraction of sp³-hybridized carbons (Fsp3) is 0. The fourth-order valence-electron chi connectivity index (χ4n) is 2.73. The highest BCUT2D eigenvalue weighted by Gasteiger charge is 2.14. The molecule has 0 aliphatic rings. The minimum Gasteiger partial charge on any atom is -0.235 e. The van der Waals surface area contributed by atoms with E-state index in [-0.39, 0.29) is 22.5 Å². The molecule has 0 saturated carbocycles. The number of halogens is 2. The Kier molecular flexibility index (Phi) is 4.82. The van der Waals surface area contributed by atoms with E-state index in [1.54, 1.807) is 36.4 Å². The quantitative estimate of drug-likeness (QED) is 0.511. The van der Waals surface area contributed by atoms with E-state index >= 15 is 0 Å². The van der Waals surface area contributed by atoms with E-state index in [0.29, 0.717) is 22.3 Å². The topological polar surface area (TPSA) is 56.3 Å². The standard InChI is InChI=1S/C22H8F2N4/c1-27-19-9-15(7-17(11-25)21(19)23)13-3-5-14(6-4-13)16-8-18(12-26)22(24)20(10-16)28-2/h3-10H. The Labute approximate surface area is 159 Å². The van der Waals surface area contributed by atoms with Crippen LogP contribution in [0.5, 0.6) is 0 Å². The van der Waals surface area contributed by atoms with Crippen LogP contribution in [0.1, 0.15) is 11.1 Å². The highest BCUT2D eigenvalue weighted by Crippen LogP contribution is 2.33. The normalized spacial score (nSPS) is 9.64. The summed E-state index contributed by atoms with van der Waals surface area (Å²) in [6.45, 7) is 14.1. The Bertz CT molecular complexity index is 1090. The van der Waals surface area contributed by atoms with E-state index < -0.39 is 11.6 Å². The van der Waals surface area contributed by atoms with Crippen LogP contribution in [-0.4, -0.2) is 0 Å². The zero-order valence-electron chi connectivity index (χ0n) is 14.2. The SMILES string of the molecule is [C-]#[N+]c1cc(-c2ccc(-c3cc(C#N)c(F)c([N+]#[C-])c3)cc2)cc(C#N)c1F. The second-order valence-electron chi connectivity index (χ2n) is 5.74. The van der Waals surface area contributed by atoms with Gasteiger partial charge in [-0.2, -0.15) is 10.5 Å². The molecule has 3 aromatic rings. The lowest BCUT2D eigenvalue weighted by atomic mass is 9.97. The zero-order valence-corrected chi connectivity index (χ0v) is 14.2. The van der Waals surface area contributed by atoms with E-state index in [9.17, 15) is 8.78 Å². The molecule has 3 aromatic carbocycles. The van der Waals surface area contributed by atoms with E-state index in [2.05, 4.69) is 9.69 Å². The second kappa shape index (κ2) is 7.38. The predicted molar refractivity (Wildman–Crippen MR) is 99.2 cm³/mol. The van der Waals surface area contributed by atoms with Crippen molar-refractivity contribution >= 4 is 11.4 Å². The van der Waals surface area contributed by atoms with Gasteiger partial charge in [0, 0.05) is 0 Å². The van der Waals surface area contributed by atoms with Gasteiger partial charge in [-0.05, 0) is 46.5 Å². The van der Waals surface area contributed by atoms with Crippen LogP contribution in [0, 0.1) is 47.4 Å². The van der Waals surface area contributed by atoms with Crippen LogP contribution >= 0.6 is 0 Å². The minimum atomic E-state index is -0.847. The molecule has 0 aliphatic carbocycles. The lowest BCUT2D eigenvalue weighted by molar-refractivity contribution is 0.629. The Balaban J connectivity index is 2.07. The average Bonchev–Trinajstić information content (AvgIpc) is 2.74. The molecular formula is C22H8F2N4. The van der Waals surface area contributed by atoms with Crippen molar-refractivity contribution in [2.24, 2.45) is 0 Å². The van der Waals surface area contributed by atoms with Gasteiger partial charge in [0.2, 0.25) is 11.4 Å². The third-order valence-electron chi connectivity index (χ3n) is 4.14. The molecule has 0 aliphatic heterocycles. The molecule has 28 heavy (non-hydrogen) atoms. The molecule has 4 nitrogen and oxygen atoms in total. The van der Waals surface area contributed by atoms with Crippen LogP contribution in [-0.2, 0) is 0 Å². The van der Waals surface area contributed by atoms with E-state index in [1.807, 2.05) is 0 Å². The first-order valence-electron chi connectivity index (χ1n) is 7.85. The maximum atomic E-state index is 13.9. The van der Waals surface area contributed by atoms with Crippen molar-refractivity contribution < 1.29 is 8.78 Å². The van der Waals surface area contributed by atoms with Gasteiger partial charge in [-0.25, -0.2) is 18.5 Å². The molecule has 0 radical (unpaired) electrons. The summed E-state index contributed by atoms with van der Waals surface area (Å²) in [4.78, 5) is 6.21. The number of benzene rings is 3. The summed E-state index contributed by atoms with van der Waals surface area (Å²) in [7, 11) is 0. The van der Waals surface area contributed by atoms with Crippen LogP contribution in [0.2, 0.25) is 0 Å². The molecule has 0 fully saturated rings. The van der Waals surface area contributed by atoms with Crippen molar-refractivity contribution in [1.82, 2.24) is 0 Å².